The molecular formula is C15H23N5O2S. The Morgan fingerprint density at radius 1 is 1.26 bits per heavy atom. The Bertz CT molecular complexity index is 727. The van der Waals surface area contributed by atoms with Gasteiger partial charge in [-0.1, -0.05) is 19.4 Å². The van der Waals surface area contributed by atoms with Crippen LogP contribution in [-0.2, 0) is 23.5 Å². The number of sulfonamides is 1. The van der Waals surface area contributed by atoms with Gasteiger partial charge in [0.05, 0.1) is 6.20 Å². The molecule has 0 atom stereocenters. The quantitative estimate of drug-likeness (QED) is 0.678. The molecule has 0 aliphatic carbocycles. The fourth-order valence-corrected chi connectivity index (χ4v) is 3.06. The molecule has 0 aliphatic rings. The molecule has 0 spiro atoms. The minimum atomic E-state index is -3.61. The summed E-state index contributed by atoms with van der Waals surface area (Å²) >= 11 is 0. The third kappa shape index (κ3) is 5.33. The number of nitrogens with one attached hydrogen (secondary N) is 2. The molecule has 2 rings (SSSR count). The van der Waals surface area contributed by atoms with Gasteiger partial charge < -0.3 is 5.32 Å². The lowest BCUT2D eigenvalue weighted by Crippen LogP contribution is -2.27. The van der Waals surface area contributed by atoms with Crippen molar-refractivity contribution in [3.63, 3.8) is 0 Å². The highest BCUT2D eigenvalue weighted by atomic mass is 32.2. The number of pyridine rings is 1. The van der Waals surface area contributed by atoms with Crippen LogP contribution in [0.4, 0.5) is 5.82 Å². The van der Waals surface area contributed by atoms with Crippen LogP contribution in [0, 0.1) is 0 Å². The molecule has 0 amide bonds. The van der Waals surface area contributed by atoms with Crippen LogP contribution in [0.3, 0.4) is 0 Å². The molecule has 0 fully saturated rings. The minimum Gasteiger partial charge on any atom is -0.370 e. The lowest BCUT2D eigenvalue weighted by atomic mass is 10.3. The fourth-order valence-electron chi connectivity index (χ4n) is 2.06. The molecule has 0 unspecified atom stereocenters. The maximum absolute atomic E-state index is 12.3. The second-order valence-corrected chi connectivity index (χ2v) is 7.03. The van der Waals surface area contributed by atoms with Crippen LogP contribution in [0.1, 0.15) is 25.3 Å². The first kappa shape index (κ1) is 17.4. The van der Waals surface area contributed by atoms with Crippen LogP contribution in [0.5, 0.6) is 0 Å². The molecule has 7 nitrogen and oxygen atoms in total. The van der Waals surface area contributed by atoms with Crippen molar-refractivity contribution in [3.8, 4) is 0 Å². The summed E-state index contributed by atoms with van der Waals surface area (Å²) in [6.07, 6.45) is 6.26. The van der Waals surface area contributed by atoms with Crippen LogP contribution in [0.2, 0.25) is 0 Å². The SMILES string of the molecule is CCCCNc1cccc(S(=O)(=O)NCCc2cnn(C)c2)n1. The molecule has 2 heterocycles. The Hall–Kier alpha value is -1.93. The summed E-state index contributed by atoms with van der Waals surface area (Å²) in [6.45, 7) is 3.19. The van der Waals surface area contributed by atoms with Crippen molar-refractivity contribution in [3.05, 3.63) is 36.2 Å². The van der Waals surface area contributed by atoms with Crippen LogP contribution in [-0.4, -0.2) is 36.3 Å². The Morgan fingerprint density at radius 3 is 2.78 bits per heavy atom. The number of anilines is 1. The summed E-state index contributed by atoms with van der Waals surface area (Å²) < 4.78 is 28.8. The first-order valence-electron chi connectivity index (χ1n) is 7.69. The normalized spacial score (nSPS) is 11.6. The van der Waals surface area contributed by atoms with Crippen LogP contribution in [0.15, 0.2) is 35.6 Å². The molecule has 0 aliphatic heterocycles. The van der Waals surface area contributed by atoms with Crippen molar-refractivity contribution in [2.45, 2.75) is 31.2 Å². The number of unbranched alkanes of at least 4 members (excludes halogenated alkanes) is 1. The smallest absolute Gasteiger partial charge is 0.258 e. The van der Waals surface area contributed by atoms with Gasteiger partial charge in [-0.25, -0.2) is 18.1 Å². The topological polar surface area (TPSA) is 88.9 Å². The molecule has 0 aromatic carbocycles. The predicted octanol–water partition coefficient (Wildman–Crippen LogP) is 1.55. The fraction of sp³-hybridized carbons (Fsp3) is 0.467. The van der Waals surface area contributed by atoms with Crippen molar-refractivity contribution in [2.24, 2.45) is 7.05 Å². The lowest BCUT2D eigenvalue weighted by Gasteiger charge is -2.08. The molecule has 23 heavy (non-hydrogen) atoms. The molecule has 2 aromatic heterocycles. The first-order chi connectivity index (χ1) is 11.0. The molecule has 2 N–H and O–H groups in total. The van der Waals surface area contributed by atoms with E-state index >= 15 is 0 Å². The zero-order chi connectivity index (χ0) is 16.7. The average molecular weight is 337 g/mol. The molecule has 2 aromatic rings. The maximum atomic E-state index is 12.3. The summed E-state index contributed by atoms with van der Waals surface area (Å²) in [7, 11) is -1.78. The largest absolute Gasteiger partial charge is 0.370 e. The van der Waals surface area contributed by atoms with E-state index in [4.69, 9.17) is 0 Å². The summed E-state index contributed by atoms with van der Waals surface area (Å²) in [6, 6.07) is 4.96. The van der Waals surface area contributed by atoms with Crippen LogP contribution in [0.25, 0.3) is 0 Å². The Labute approximate surface area is 137 Å². The first-order valence-corrected chi connectivity index (χ1v) is 9.17. The van der Waals surface area contributed by atoms with E-state index in [0.29, 0.717) is 18.8 Å². The van der Waals surface area contributed by atoms with Gasteiger partial charge in [0, 0.05) is 26.3 Å². The standard InChI is InChI=1S/C15H23N5O2S/c1-3-4-9-16-14-6-5-7-15(19-14)23(21,22)18-10-8-13-11-17-20(2)12-13/h5-7,11-12,18H,3-4,8-10H2,1-2H3,(H,16,19). The predicted molar refractivity (Wildman–Crippen MR) is 89.7 cm³/mol. The van der Waals surface area contributed by atoms with Gasteiger partial charge in [-0.2, -0.15) is 5.10 Å². The summed E-state index contributed by atoms with van der Waals surface area (Å²) in [5, 5.41) is 7.22. The number of nitrogens with zero attached hydrogens (tertiary/aromatic N) is 3. The molecule has 0 bridgehead atoms. The Morgan fingerprint density at radius 2 is 2.09 bits per heavy atom. The maximum Gasteiger partial charge on any atom is 0.258 e. The minimum absolute atomic E-state index is 0.0326. The molecule has 126 valence electrons. The zero-order valence-electron chi connectivity index (χ0n) is 13.5. The number of rotatable bonds is 9. The van der Waals surface area contributed by atoms with Gasteiger partial charge in [0.1, 0.15) is 5.82 Å². The third-order valence-corrected chi connectivity index (χ3v) is 4.66. The highest BCUT2D eigenvalue weighted by molar-refractivity contribution is 7.89. The van der Waals surface area contributed by atoms with E-state index in [1.807, 2.05) is 13.2 Å². The van der Waals surface area contributed by atoms with E-state index in [9.17, 15) is 8.42 Å². The van der Waals surface area contributed by atoms with Crippen molar-refractivity contribution in [2.75, 3.05) is 18.4 Å². The molecule has 0 saturated heterocycles. The highest BCUT2D eigenvalue weighted by Crippen LogP contribution is 2.10. The van der Waals surface area contributed by atoms with E-state index in [-0.39, 0.29) is 5.03 Å². The third-order valence-electron chi connectivity index (χ3n) is 3.30. The molecule has 0 saturated carbocycles. The van der Waals surface area contributed by atoms with E-state index < -0.39 is 10.0 Å². The van der Waals surface area contributed by atoms with Gasteiger partial charge in [0.15, 0.2) is 5.03 Å². The van der Waals surface area contributed by atoms with E-state index in [1.54, 1.807) is 23.0 Å². The molecule has 8 heteroatoms. The second kappa shape index (κ2) is 8.07. The van der Waals surface area contributed by atoms with E-state index in [0.717, 1.165) is 24.9 Å². The monoisotopic (exact) mass is 337 g/mol. The van der Waals surface area contributed by atoms with Crippen LogP contribution >= 0.6 is 0 Å². The van der Waals surface area contributed by atoms with Crippen molar-refractivity contribution < 1.29 is 8.42 Å². The summed E-state index contributed by atoms with van der Waals surface area (Å²) in [5.41, 5.74) is 0.984. The van der Waals surface area contributed by atoms with E-state index in [2.05, 4.69) is 27.0 Å². The molecule has 0 radical (unpaired) electrons. The van der Waals surface area contributed by atoms with Crippen molar-refractivity contribution in [1.29, 1.82) is 0 Å². The number of aryl methyl sites for hydroxylation is 1. The number of hydrogen-bond acceptors (Lipinski definition) is 5. The lowest BCUT2D eigenvalue weighted by molar-refractivity contribution is 0.578. The van der Waals surface area contributed by atoms with E-state index in [1.165, 1.54) is 6.07 Å². The Balaban J connectivity index is 1.94. The number of hydrogen-bond donors (Lipinski definition) is 2. The van der Waals surface area contributed by atoms with Gasteiger partial charge >= 0.3 is 0 Å². The zero-order valence-corrected chi connectivity index (χ0v) is 14.3. The average Bonchev–Trinajstić information content (AvgIpc) is 2.93. The van der Waals surface area contributed by atoms with Crippen molar-refractivity contribution in [1.82, 2.24) is 19.5 Å². The summed E-state index contributed by atoms with van der Waals surface area (Å²) in [4.78, 5) is 4.17. The van der Waals surface area contributed by atoms with Gasteiger partial charge in [-0.3, -0.25) is 4.68 Å². The molecular weight excluding hydrogens is 314 g/mol. The van der Waals surface area contributed by atoms with Gasteiger partial charge in [0.25, 0.3) is 10.0 Å². The van der Waals surface area contributed by atoms with Gasteiger partial charge in [-0.05, 0) is 30.5 Å². The van der Waals surface area contributed by atoms with Gasteiger partial charge in [0.2, 0.25) is 0 Å². The Kier molecular flexibility index (Phi) is 6.12. The second-order valence-electron chi connectivity index (χ2n) is 5.31. The summed E-state index contributed by atoms with van der Waals surface area (Å²) in [5.74, 6) is 0.577. The van der Waals surface area contributed by atoms with Crippen LogP contribution < -0.4 is 10.0 Å². The number of aromatic nitrogens is 3. The van der Waals surface area contributed by atoms with Crippen molar-refractivity contribution >= 4 is 15.8 Å². The van der Waals surface area contributed by atoms with Gasteiger partial charge in [-0.15, -0.1) is 0 Å². The highest BCUT2D eigenvalue weighted by Gasteiger charge is 2.15.